The number of carbonyl (C=O) groups excluding carboxylic acids is 2. The summed E-state index contributed by atoms with van der Waals surface area (Å²) in [5, 5.41) is 0.266. The summed E-state index contributed by atoms with van der Waals surface area (Å²) in [7, 11) is -3.58. The second-order valence-corrected chi connectivity index (χ2v) is 9.08. The van der Waals surface area contributed by atoms with Gasteiger partial charge in [0.15, 0.2) is 0 Å². The lowest BCUT2D eigenvalue weighted by molar-refractivity contribution is 0.0846. The largest absolute Gasteiger partial charge is 0.271 e. The molecule has 1 aliphatic rings. The molecule has 9 heteroatoms. The molecule has 0 unspecified atom stereocenters. The summed E-state index contributed by atoms with van der Waals surface area (Å²) in [6.45, 7) is 1.03. The minimum Gasteiger partial charge on any atom is -0.267 e. The van der Waals surface area contributed by atoms with Crippen LogP contribution < -0.4 is 10.9 Å². The lowest BCUT2D eigenvalue weighted by Crippen LogP contribution is -2.41. The Hall–Kier alpha value is -2.42. The Balaban J connectivity index is 1.64. The Bertz CT molecular complexity index is 985. The monoisotopic (exact) mass is 435 g/mol. The van der Waals surface area contributed by atoms with E-state index in [-0.39, 0.29) is 21.0 Å². The van der Waals surface area contributed by atoms with Crippen molar-refractivity contribution in [3.05, 3.63) is 64.7 Å². The highest BCUT2D eigenvalue weighted by atomic mass is 35.5. The lowest BCUT2D eigenvalue weighted by Gasteiger charge is -2.20. The minimum atomic E-state index is -3.58. The number of rotatable bonds is 4. The van der Waals surface area contributed by atoms with E-state index in [2.05, 4.69) is 10.9 Å². The third-order valence-corrected chi connectivity index (χ3v) is 6.97. The summed E-state index contributed by atoms with van der Waals surface area (Å²) in [5.41, 5.74) is 5.04. The van der Waals surface area contributed by atoms with Crippen molar-refractivity contribution in [2.75, 3.05) is 13.1 Å². The summed E-state index contributed by atoms with van der Waals surface area (Å²) in [5.74, 6) is -1.12. The van der Waals surface area contributed by atoms with Gasteiger partial charge >= 0.3 is 0 Å². The maximum atomic E-state index is 12.8. The first-order valence-electron chi connectivity index (χ1n) is 9.35. The second-order valence-electron chi connectivity index (χ2n) is 6.73. The molecule has 0 spiro atoms. The van der Waals surface area contributed by atoms with Gasteiger partial charge in [0.25, 0.3) is 11.8 Å². The number of hydrogen-bond donors (Lipinski definition) is 2. The van der Waals surface area contributed by atoms with Crippen LogP contribution >= 0.6 is 11.6 Å². The smallest absolute Gasteiger partial charge is 0.267 e. The van der Waals surface area contributed by atoms with E-state index < -0.39 is 21.8 Å². The molecule has 2 amide bonds. The Kier molecular flexibility index (Phi) is 6.89. The highest BCUT2D eigenvalue weighted by molar-refractivity contribution is 7.89. The Morgan fingerprint density at radius 3 is 2.03 bits per heavy atom. The zero-order valence-corrected chi connectivity index (χ0v) is 17.3. The molecule has 29 heavy (non-hydrogen) atoms. The molecule has 0 atom stereocenters. The van der Waals surface area contributed by atoms with Crippen LogP contribution in [0.2, 0.25) is 5.02 Å². The van der Waals surface area contributed by atoms with Crippen LogP contribution in [0.25, 0.3) is 0 Å². The summed E-state index contributed by atoms with van der Waals surface area (Å²) < 4.78 is 27.1. The van der Waals surface area contributed by atoms with Crippen LogP contribution in [0.4, 0.5) is 0 Å². The van der Waals surface area contributed by atoms with E-state index >= 15 is 0 Å². The van der Waals surface area contributed by atoms with E-state index in [1.165, 1.54) is 34.6 Å². The normalized spacial score (nSPS) is 15.3. The average Bonchev–Trinajstić information content (AvgIpc) is 3.02. The van der Waals surface area contributed by atoms with Crippen LogP contribution in [0.3, 0.4) is 0 Å². The number of nitrogens with one attached hydrogen (secondary N) is 2. The average molecular weight is 436 g/mol. The third kappa shape index (κ3) is 5.14. The van der Waals surface area contributed by atoms with Gasteiger partial charge in [0.2, 0.25) is 10.0 Å². The molecule has 0 saturated carbocycles. The highest BCUT2D eigenvalue weighted by Gasteiger charge is 2.25. The van der Waals surface area contributed by atoms with Gasteiger partial charge in [0.1, 0.15) is 0 Å². The number of benzene rings is 2. The topological polar surface area (TPSA) is 95.6 Å². The van der Waals surface area contributed by atoms with Crippen LogP contribution in [0.15, 0.2) is 53.4 Å². The molecular formula is C20H22ClN3O4S. The molecule has 0 aromatic heterocycles. The fourth-order valence-corrected chi connectivity index (χ4v) is 4.85. The summed E-state index contributed by atoms with van der Waals surface area (Å²) in [6, 6.07) is 12.1. The molecule has 1 heterocycles. The molecule has 154 valence electrons. The van der Waals surface area contributed by atoms with Gasteiger partial charge in [-0.1, -0.05) is 36.6 Å². The first-order valence-corrected chi connectivity index (χ1v) is 11.2. The van der Waals surface area contributed by atoms with Crippen molar-refractivity contribution in [2.45, 2.75) is 30.6 Å². The van der Waals surface area contributed by atoms with Crippen LogP contribution in [-0.4, -0.2) is 37.6 Å². The number of hydrazine groups is 1. The Morgan fingerprint density at radius 1 is 0.828 bits per heavy atom. The first-order chi connectivity index (χ1) is 13.9. The predicted octanol–water partition coefficient (Wildman–Crippen LogP) is 2.98. The molecule has 3 rings (SSSR count). The van der Waals surface area contributed by atoms with Crippen molar-refractivity contribution in [1.29, 1.82) is 0 Å². The number of amides is 2. The van der Waals surface area contributed by atoms with E-state index in [9.17, 15) is 18.0 Å². The fourth-order valence-electron chi connectivity index (χ4n) is 3.11. The van der Waals surface area contributed by atoms with Gasteiger partial charge in [-0.3, -0.25) is 20.4 Å². The fraction of sp³-hybridized carbons (Fsp3) is 0.300. The van der Waals surface area contributed by atoms with Crippen molar-refractivity contribution >= 4 is 33.4 Å². The molecule has 2 aromatic carbocycles. The quantitative estimate of drug-likeness (QED) is 0.721. The maximum absolute atomic E-state index is 12.8. The van der Waals surface area contributed by atoms with Gasteiger partial charge in [-0.15, -0.1) is 0 Å². The molecule has 1 aliphatic heterocycles. The van der Waals surface area contributed by atoms with Crippen molar-refractivity contribution < 1.29 is 18.0 Å². The molecule has 1 saturated heterocycles. The number of halogens is 1. The molecule has 1 fully saturated rings. The molecule has 0 radical (unpaired) electrons. The molecular weight excluding hydrogens is 414 g/mol. The van der Waals surface area contributed by atoms with E-state index in [0.29, 0.717) is 13.1 Å². The molecule has 0 aliphatic carbocycles. The zero-order chi connectivity index (χ0) is 20.9. The number of hydrogen-bond acceptors (Lipinski definition) is 4. The van der Waals surface area contributed by atoms with Gasteiger partial charge < -0.3 is 0 Å². The maximum Gasteiger partial charge on any atom is 0.271 e. The van der Waals surface area contributed by atoms with Crippen molar-refractivity contribution in [3.8, 4) is 0 Å². The summed E-state index contributed by atoms with van der Waals surface area (Å²) in [4.78, 5) is 24.5. The molecule has 2 aromatic rings. The number of carbonyl (C=O) groups is 2. The van der Waals surface area contributed by atoms with E-state index in [1.807, 2.05) is 0 Å². The SMILES string of the molecule is O=C(NNC(=O)c1ccccc1Cl)c1ccc(S(=O)(=O)N2CCCCCC2)cc1. The zero-order valence-electron chi connectivity index (χ0n) is 15.7. The highest BCUT2D eigenvalue weighted by Crippen LogP contribution is 2.20. The Labute approximate surface area is 175 Å². The van der Waals surface area contributed by atoms with Gasteiger partial charge in [-0.25, -0.2) is 8.42 Å². The molecule has 2 N–H and O–H groups in total. The van der Waals surface area contributed by atoms with Crippen molar-refractivity contribution in [2.24, 2.45) is 0 Å². The summed E-state index contributed by atoms with van der Waals surface area (Å²) in [6.07, 6.45) is 3.77. The van der Waals surface area contributed by atoms with E-state index in [0.717, 1.165) is 25.7 Å². The molecule has 0 bridgehead atoms. The van der Waals surface area contributed by atoms with Crippen LogP contribution in [0.1, 0.15) is 46.4 Å². The van der Waals surface area contributed by atoms with Crippen molar-refractivity contribution in [3.63, 3.8) is 0 Å². The second kappa shape index (κ2) is 9.39. The molecule has 7 nitrogen and oxygen atoms in total. The van der Waals surface area contributed by atoms with Crippen LogP contribution in [0, 0.1) is 0 Å². The van der Waals surface area contributed by atoms with E-state index in [1.54, 1.807) is 18.2 Å². The first kappa shape index (κ1) is 21.3. The Morgan fingerprint density at radius 2 is 1.41 bits per heavy atom. The van der Waals surface area contributed by atoms with Crippen LogP contribution in [0.5, 0.6) is 0 Å². The minimum absolute atomic E-state index is 0.149. The van der Waals surface area contributed by atoms with Gasteiger partial charge in [0.05, 0.1) is 15.5 Å². The van der Waals surface area contributed by atoms with Gasteiger partial charge in [-0.2, -0.15) is 4.31 Å². The lowest BCUT2D eigenvalue weighted by atomic mass is 10.2. The number of nitrogens with zero attached hydrogens (tertiary/aromatic N) is 1. The van der Waals surface area contributed by atoms with Crippen LogP contribution in [-0.2, 0) is 10.0 Å². The van der Waals surface area contributed by atoms with Gasteiger partial charge in [-0.05, 0) is 49.2 Å². The third-order valence-electron chi connectivity index (χ3n) is 4.73. The van der Waals surface area contributed by atoms with Crippen molar-refractivity contribution in [1.82, 2.24) is 15.2 Å². The van der Waals surface area contributed by atoms with Gasteiger partial charge in [0, 0.05) is 18.7 Å². The van der Waals surface area contributed by atoms with E-state index in [4.69, 9.17) is 11.6 Å². The summed E-state index contributed by atoms with van der Waals surface area (Å²) >= 11 is 5.95. The standard InChI is InChI=1S/C20H22ClN3O4S/c21-18-8-4-3-7-17(18)20(26)23-22-19(25)15-9-11-16(12-10-15)29(27,28)24-13-5-1-2-6-14-24/h3-4,7-12H,1-2,5-6,13-14H2,(H,22,25)(H,23,26). The number of sulfonamides is 1. The predicted molar refractivity (Wildman–Crippen MR) is 110 cm³/mol.